The maximum Gasteiger partial charge on any atom is 0.307 e. The van der Waals surface area contributed by atoms with Crippen LogP contribution in [-0.2, 0) is 17.8 Å². The summed E-state index contributed by atoms with van der Waals surface area (Å²) in [7, 11) is 2.18. The highest BCUT2D eigenvalue weighted by atomic mass is 16.4. The van der Waals surface area contributed by atoms with Crippen LogP contribution in [0.2, 0.25) is 0 Å². The summed E-state index contributed by atoms with van der Waals surface area (Å²) in [6.45, 7) is 4.34. The molecule has 1 heterocycles. The van der Waals surface area contributed by atoms with Crippen molar-refractivity contribution in [1.82, 2.24) is 10.2 Å². The highest BCUT2D eigenvalue weighted by molar-refractivity contribution is 5.70. The van der Waals surface area contributed by atoms with Crippen molar-refractivity contribution in [3.8, 4) is 0 Å². The Balaban J connectivity index is 1.70. The molecule has 1 aliphatic rings. The number of likely N-dealkylation sites (tertiary alicyclic amines) is 1. The molecule has 0 spiro atoms. The number of carboxylic acid groups (broad SMARTS) is 1. The Hall–Kier alpha value is -1.39. The van der Waals surface area contributed by atoms with Crippen LogP contribution < -0.4 is 5.32 Å². The van der Waals surface area contributed by atoms with Gasteiger partial charge >= 0.3 is 5.97 Å². The van der Waals surface area contributed by atoms with E-state index in [2.05, 4.69) is 17.3 Å². The smallest absolute Gasteiger partial charge is 0.307 e. The van der Waals surface area contributed by atoms with Gasteiger partial charge in [-0.1, -0.05) is 24.3 Å². The lowest BCUT2D eigenvalue weighted by atomic mass is 9.97. The second kappa shape index (κ2) is 7.41. The molecule has 4 heteroatoms. The zero-order chi connectivity index (χ0) is 14.4. The van der Waals surface area contributed by atoms with Crippen LogP contribution in [0.5, 0.6) is 0 Å². The predicted molar refractivity (Wildman–Crippen MR) is 79.7 cm³/mol. The van der Waals surface area contributed by atoms with Crippen molar-refractivity contribution in [3.05, 3.63) is 35.4 Å². The van der Waals surface area contributed by atoms with E-state index >= 15 is 0 Å². The lowest BCUT2D eigenvalue weighted by molar-refractivity contribution is -0.136. The molecule has 1 fully saturated rings. The van der Waals surface area contributed by atoms with E-state index in [4.69, 9.17) is 5.11 Å². The van der Waals surface area contributed by atoms with Crippen molar-refractivity contribution < 1.29 is 9.90 Å². The molecule has 1 saturated heterocycles. The Morgan fingerprint density at radius 3 is 2.45 bits per heavy atom. The maximum atomic E-state index is 10.6. The highest BCUT2D eigenvalue weighted by Gasteiger charge is 2.15. The van der Waals surface area contributed by atoms with Crippen LogP contribution in [0.1, 0.15) is 24.0 Å². The number of benzene rings is 1. The van der Waals surface area contributed by atoms with E-state index in [9.17, 15) is 4.79 Å². The molecule has 1 aromatic carbocycles. The number of aliphatic carboxylic acids is 1. The summed E-state index contributed by atoms with van der Waals surface area (Å²) >= 11 is 0. The summed E-state index contributed by atoms with van der Waals surface area (Å²) < 4.78 is 0. The average Bonchev–Trinajstić information content (AvgIpc) is 2.42. The monoisotopic (exact) mass is 276 g/mol. The standard InChI is InChI=1S/C16H24N2O2/c1-18-8-6-15(7-9-18)12-17-11-14-4-2-13(3-5-14)10-16(19)20/h2-5,15,17H,6-12H2,1H3,(H,19,20). The fourth-order valence-electron chi connectivity index (χ4n) is 2.64. The first kappa shape index (κ1) is 15.0. The van der Waals surface area contributed by atoms with Crippen molar-refractivity contribution in [3.63, 3.8) is 0 Å². The van der Waals surface area contributed by atoms with Gasteiger partial charge in [0.15, 0.2) is 0 Å². The van der Waals surface area contributed by atoms with Crippen LogP contribution in [0, 0.1) is 5.92 Å². The number of carbonyl (C=O) groups is 1. The molecule has 0 aliphatic carbocycles. The maximum absolute atomic E-state index is 10.6. The molecule has 0 radical (unpaired) electrons. The molecule has 1 aromatic rings. The van der Waals surface area contributed by atoms with Gasteiger partial charge in [-0.2, -0.15) is 0 Å². The van der Waals surface area contributed by atoms with E-state index in [1.54, 1.807) is 0 Å². The Bertz CT molecular complexity index is 423. The van der Waals surface area contributed by atoms with Crippen LogP contribution in [0.4, 0.5) is 0 Å². The third kappa shape index (κ3) is 4.94. The average molecular weight is 276 g/mol. The first-order chi connectivity index (χ1) is 9.63. The van der Waals surface area contributed by atoms with E-state index in [-0.39, 0.29) is 6.42 Å². The molecular formula is C16H24N2O2. The lowest BCUT2D eigenvalue weighted by Gasteiger charge is -2.29. The van der Waals surface area contributed by atoms with Gasteiger partial charge in [-0.25, -0.2) is 0 Å². The SMILES string of the molecule is CN1CCC(CNCc2ccc(CC(=O)O)cc2)CC1. The van der Waals surface area contributed by atoms with Gasteiger partial charge in [-0.3, -0.25) is 4.79 Å². The van der Waals surface area contributed by atoms with E-state index in [1.807, 2.05) is 24.3 Å². The number of nitrogens with zero attached hydrogens (tertiary/aromatic N) is 1. The molecule has 2 N–H and O–H groups in total. The Kier molecular flexibility index (Phi) is 5.56. The van der Waals surface area contributed by atoms with E-state index in [1.165, 1.54) is 31.5 Å². The summed E-state index contributed by atoms with van der Waals surface area (Å²) in [5, 5.41) is 12.2. The molecule has 20 heavy (non-hydrogen) atoms. The van der Waals surface area contributed by atoms with E-state index in [0.717, 1.165) is 24.6 Å². The van der Waals surface area contributed by atoms with Gasteiger partial charge < -0.3 is 15.3 Å². The second-order valence-electron chi connectivity index (χ2n) is 5.76. The Morgan fingerprint density at radius 1 is 1.25 bits per heavy atom. The van der Waals surface area contributed by atoms with Crippen LogP contribution in [-0.4, -0.2) is 42.7 Å². The molecule has 110 valence electrons. The first-order valence-electron chi connectivity index (χ1n) is 7.32. The zero-order valence-electron chi connectivity index (χ0n) is 12.1. The van der Waals surface area contributed by atoms with Gasteiger partial charge in [0.1, 0.15) is 0 Å². The lowest BCUT2D eigenvalue weighted by Crippen LogP contribution is -2.34. The quantitative estimate of drug-likeness (QED) is 0.831. The van der Waals surface area contributed by atoms with Gasteiger partial charge in [0.2, 0.25) is 0 Å². The van der Waals surface area contributed by atoms with Crippen molar-refractivity contribution in [2.24, 2.45) is 5.92 Å². The summed E-state index contributed by atoms with van der Waals surface area (Å²) in [6, 6.07) is 7.83. The van der Waals surface area contributed by atoms with Crippen molar-refractivity contribution in [2.45, 2.75) is 25.8 Å². The summed E-state index contributed by atoms with van der Waals surface area (Å²) in [4.78, 5) is 13.0. The zero-order valence-corrected chi connectivity index (χ0v) is 12.1. The van der Waals surface area contributed by atoms with Crippen LogP contribution in [0.25, 0.3) is 0 Å². The summed E-state index contributed by atoms with van der Waals surface area (Å²) in [5.74, 6) is 0.00984. The molecule has 0 bridgehead atoms. The predicted octanol–water partition coefficient (Wildman–Crippen LogP) is 1.75. The highest BCUT2D eigenvalue weighted by Crippen LogP contribution is 2.15. The fourth-order valence-corrected chi connectivity index (χ4v) is 2.64. The number of piperidine rings is 1. The van der Waals surface area contributed by atoms with Crippen molar-refractivity contribution in [1.29, 1.82) is 0 Å². The number of hydrogen-bond donors (Lipinski definition) is 2. The Morgan fingerprint density at radius 2 is 1.85 bits per heavy atom. The normalized spacial score (nSPS) is 17.2. The number of carboxylic acids is 1. The van der Waals surface area contributed by atoms with Gasteiger partial charge in [0.05, 0.1) is 6.42 Å². The topological polar surface area (TPSA) is 52.6 Å². The minimum atomic E-state index is -0.779. The summed E-state index contributed by atoms with van der Waals surface area (Å²) in [6.07, 6.45) is 2.66. The molecule has 0 amide bonds. The van der Waals surface area contributed by atoms with Gasteiger partial charge in [0.25, 0.3) is 0 Å². The number of nitrogens with one attached hydrogen (secondary N) is 1. The van der Waals surface area contributed by atoms with Gasteiger partial charge in [-0.15, -0.1) is 0 Å². The minimum absolute atomic E-state index is 0.100. The largest absolute Gasteiger partial charge is 0.481 e. The summed E-state index contributed by atoms with van der Waals surface area (Å²) in [5.41, 5.74) is 2.07. The van der Waals surface area contributed by atoms with E-state index in [0.29, 0.717) is 0 Å². The second-order valence-corrected chi connectivity index (χ2v) is 5.76. The molecule has 4 nitrogen and oxygen atoms in total. The third-order valence-corrected chi connectivity index (χ3v) is 3.98. The Labute approximate surface area is 120 Å². The molecule has 1 aliphatic heterocycles. The number of rotatable bonds is 6. The molecule has 0 unspecified atom stereocenters. The van der Waals surface area contributed by atoms with Crippen molar-refractivity contribution >= 4 is 5.97 Å². The molecule has 0 aromatic heterocycles. The van der Waals surface area contributed by atoms with E-state index < -0.39 is 5.97 Å². The molecule has 2 rings (SSSR count). The van der Waals surface area contributed by atoms with Crippen LogP contribution >= 0.6 is 0 Å². The van der Waals surface area contributed by atoms with Gasteiger partial charge in [0, 0.05) is 6.54 Å². The fraction of sp³-hybridized carbons (Fsp3) is 0.562. The van der Waals surface area contributed by atoms with Crippen LogP contribution in [0.15, 0.2) is 24.3 Å². The molecular weight excluding hydrogens is 252 g/mol. The first-order valence-corrected chi connectivity index (χ1v) is 7.32. The van der Waals surface area contributed by atoms with Crippen LogP contribution in [0.3, 0.4) is 0 Å². The molecule has 0 saturated carbocycles. The molecule has 0 atom stereocenters. The van der Waals surface area contributed by atoms with Gasteiger partial charge in [-0.05, 0) is 56.6 Å². The third-order valence-electron chi connectivity index (χ3n) is 3.98. The number of hydrogen-bond acceptors (Lipinski definition) is 3. The van der Waals surface area contributed by atoms with Crippen molar-refractivity contribution in [2.75, 3.05) is 26.7 Å². The minimum Gasteiger partial charge on any atom is -0.481 e.